The molecular formula is C20H19N3OS. The van der Waals surface area contributed by atoms with Gasteiger partial charge in [-0.3, -0.25) is 4.99 Å². The van der Waals surface area contributed by atoms with Crippen molar-refractivity contribution in [3.8, 4) is 10.8 Å². The van der Waals surface area contributed by atoms with Crippen LogP contribution in [0.4, 0.5) is 11.4 Å². The fourth-order valence-corrected chi connectivity index (χ4v) is 4.58. The second-order valence-corrected chi connectivity index (χ2v) is 7.59. The van der Waals surface area contributed by atoms with Gasteiger partial charge in [0.25, 0.3) is 0 Å². The van der Waals surface area contributed by atoms with Crippen LogP contribution in [0.15, 0.2) is 47.5 Å². The van der Waals surface area contributed by atoms with Gasteiger partial charge in [-0.15, -0.1) is 0 Å². The van der Waals surface area contributed by atoms with Gasteiger partial charge in [0.2, 0.25) is 0 Å². The van der Waals surface area contributed by atoms with E-state index < -0.39 is 0 Å². The van der Waals surface area contributed by atoms with Crippen LogP contribution >= 0.6 is 11.3 Å². The van der Waals surface area contributed by atoms with E-state index in [2.05, 4.69) is 40.0 Å². The van der Waals surface area contributed by atoms with Crippen LogP contribution in [-0.4, -0.2) is 44.3 Å². The van der Waals surface area contributed by atoms with Crippen LogP contribution < -0.4 is 9.64 Å². The number of fused-ring (bicyclic) bond motifs is 4. The van der Waals surface area contributed by atoms with Crippen LogP contribution in [0.1, 0.15) is 5.56 Å². The summed E-state index contributed by atoms with van der Waals surface area (Å²) in [5, 5.41) is 2.20. The minimum absolute atomic E-state index is 0.824. The Hall–Kier alpha value is -2.37. The molecule has 5 rings (SSSR count). The Morgan fingerprint density at radius 1 is 1.00 bits per heavy atom. The topological polar surface area (TPSA) is 28.1 Å². The van der Waals surface area contributed by atoms with Gasteiger partial charge in [-0.2, -0.15) is 0 Å². The van der Waals surface area contributed by atoms with Gasteiger partial charge in [0.1, 0.15) is 5.69 Å². The Bertz CT molecular complexity index is 970. The Balaban J connectivity index is 1.65. The first-order valence-electron chi connectivity index (χ1n) is 8.59. The number of hydrogen-bond donors (Lipinski definition) is 0. The molecule has 3 heterocycles. The van der Waals surface area contributed by atoms with E-state index in [-0.39, 0.29) is 0 Å². The first-order chi connectivity index (χ1) is 12.3. The summed E-state index contributed by atoms with van der Waals surface area (Å²) in [6, 6.07) is 14.5. The number of aliphatic imine (C=N–C) groups is 1. The third-order valence-corrected chi connectivity index (χ3v) is 5.99. The van der Waals surface area contributed by atoms with E-state index in [1.807, 2.05) is 30.5 Å². The molecule has 0 N–H and O–H groups in total. The standard InChI is InChI=1S/C20H19N3OS/c1-22-9-11-23(12-10-22)16-6-4-8-18-19(16)14-13-21-15-5-2-3-7-17(15)24-20(14)25-18/h2-8,13H,9-12H2,1H3. The summed E-state index contributed by atoms with van der Waals surface area (Å²) < 4.78 is 7.47. The van der Waals surface area contributed by atoms with Crippen LogP contribution in [0.5, 0.6) is 10.8 Å². The maximum atomic E-state index is 6.21. The number of piperazine rings is 1. The zero-order chi connectivity index (χ0) is 16.8. The van der Waals surface area contributed by atoms with Crippen LogP contribution in [0, 0.1) is 0 Å². The van der Waals surface area contributed by atoms with Gasteiger partial charge in [0.05, 0.1) is 5.56 Å². The molecule has 1 aromatic heterocycles. The van der Waals surface area contributed by atoms with Gasteiger partial charge in [0, 0.05) is 48.2 Å². The molecule has 1 saturated heterocycles. The zero-order valence-corrected chi connectivity index (χ0v) is 14.9. The highest BCUT2D eigenvalue weighted by Gasteiger charge is 2.23. The highest BCUT2D eigenvalue weighted by molar-refractivity contribution is 7.21. The van der Waals surface area contributed by atoms with E-state index in [4.69, 9.17) is 4.74 Å². The fraction of sp³-hybridized carbons (Fsp3) is 0.250. The summed E-state index contributed by atoms with van der Waals surface area (Å²) in [6.07, 6.45) is 1.97. The molecule has 2 aliphatic rings. The molecule has 0 atom stereocenters. The highest BCUT2D eigenvalue weighted by atomic mass is 32.1. The molecule has 2 aromatic carbocycles. The predicted octanol–water partition coefficient (Wildman–Crippen LogP) is 4.51. The van der Waals surface area contributed by atoms with Crippen LogP contribution in [0.3, 0.4) is 0 Å². The SMILES string of the molecule is CN1CCN(c2cccc3sc4c(c23)C=Nc2ccccc2O4)CC1. The van der Waals surface area contributed by atoms with Gasteiger partial charge in [-0.25, -0.2) is 0 Å². The van der Waals surface area contributed by atoms with Crippen LogP contribution in [-0.2, 0) is 0 Å². The number of thiophene rings is 1. The quantitative estimate of drug-likeness (QED) is 0.506. The van der Waals surface area contributed by atoms with E-state index in [9.17, 15) is 0 Å². The zero-order valence-electron chi connectivity index (χ0n) is 14.1. The molecule has 0 aliphatic carbocycles. The summed E-state index contributed by atoms with van der Waals surface area (Å²) >= 11 is 1.70. The largest absolute Gasteiger partial charge is 0.444 e. The van der Waals surface area contributed by atoms with E-state index >= 15 is 0 Å². The van der Waals surface area contributed by atoms with Crippen LogP contribution in [0.25, 0.3) is 10.1 Å². The van der Waals surface area contributed by atoms with Gasteiger partial charge in [-0.1, -0.05) is 29.5 Å². The number of hydrogen-bond acceptors (Lipinski definition) is 5. The first-order valence-corrected chi connectivity index (χ1v) is 9.41. The second kappa shape index (κ2) is 5.86. The lowest BCUT2D eigenvalue weighted by Gasteiger charge is -2.34. The Morgan fingerprint density at radius 3 is 2.72 bits per heavy atom. The van der Waals surface area contributed by atoms with Crippen molar-refractivity contribution in [1.82, 2.24) is 4.90 Å². The van der Waals surface area contributed by atoms with Crippen molar-refractivity contribution < 1.29 is 4.74 Å². The summed E-state index contributed by atoms with van der Waals surface area (Å²) in [6.45, 7) is 4.30. The number of benzene rings is 2. The molecule has 0 bridgehead atoms. The third-order valence-electron chi connectivity index (χ3n) is 4.94. The van der Waals surface area contributed by atoms with E-state index in [1.54, 1.807) is 11.3 Å². The molecule has 126 valence electrons. The van der Waals surface area contributed by atoms with E-state index in [1.165, 1.54) is 15.8 Å². The van der Waals surface area contributed by atoms with Gasteiger partial charge < -0.3 is 14.5 Å². The molecule has 0 saturated carbocycles. The maximum absolute atomic E-state index is 6.21. The normalized spacial score (nSPS) is 17.1. The van der Waals surface area contributed by atoms with Gasteiger partial charge in [-0.05, 0) is 31.3 Å². The van der Waals surface area contributed by atoms with Crippen molar-refractivity contribution in [3.05, 3.63) is 48.0 Å². The highest BCUT2D eigenvalue weighted by Crippen LogP contribution is 2.46. The summed E-state index contributed by atoms with van der Waals surface area (Å²) in [5.41, 5.74) is 3.28. The Labute approximate surface area is 151 Å². The van der Waals surface area contributed by atoms with Crippen LogP contribution in [0.2, 0.25) is 0 Å². The number of rotatable bonds is 1. The third kappa shape index (κ3) is 2.51. The molecule has 1 fully saturated rings. The maximum Gasteiger partial charge on any atom is 0.191 e. The number of anilines is 1. The average Bonchev–Trinajstić information content (AvgIpc) is 2.88. The molecule has 25 heavy (non-hydrogen) atoms. The molecule has 0 radical (unpaired) electrons. The van der Waals surface area contributed by atoms with Crippen molar-refractivity contribution in [2.75, 3.05) is 38.1 Å². The molecule has 5 heteroatoms. The van der Waals surface area contributed by atoms with Crippen molar-refractivity contribution in [2.45, 2.75) is 0 Å². The minimum Gasteiger partial charge on any atom is -0.444 e. The first kappa shape index (κ1) is 14.9. The fourth-order valence-electron chi connectivity index (χ4n) is 3.52. The lowest BCUT2D eigenvalue weighted by Crippen LogP contribution is -2.44. The molecule has 2 aliphatic heterocycles. The van der Waals surface area contributed by atoms with E-state index in [0.29, 0.717) is 0 Å². The Kier molecular flexibility index (Phi) is 3.50. The van der Waals surface area contributed by atoms with Crippen molar-refractivity contribution in [3.63, 3.8) is 0 Å². The molecule has 0 unspecified atom stereocenters. The smallest absolute Gasteiger partial charge is 0.191 e. The van der Waals surface area contributed by atoms with Gasteiger partial charge in [0.15, 0.2) is 10.8 Å². The summed E-state index contributed by atoms with van der Waals surface area (Å²) in [7, 11) is 2.19. The predicted molar refractivity (Wildman–Crippen MR) is 105 cm³/mol. The lowest BCUT2D eigenvalue weighted by molar-refractivity contribution is 0.313. The Morgan fingerprint density at radius 2 is 1.84 bits per heavy atom. The van der Waals surface area contributed by atoms with Crippen molar-refractivity contribution in [1.29, 1.82) is 0 Å². The number of ether oxygens (including phenoxy) is 1. The van der Waals surface area contributed by atoms with Gasteiger partial charge >= 0.3 is 0 Å². The minimum atomic E-state index is 0.824. The number of para-hydroxylation sites is 2. The molecule has 3 aromatic rings. The molecule has 4 nitrogen and oxygen atoms in total. The monoisotopic (exact) mass is 349 g/mol. The summed E-state index contributed by atoms with van der Waals surface area (Å²) in [4.78, 5) is 9.55. The average molecular weight is 349 g/mol. The lowest BCUT2D eigenvalue weighted by atomic mass is 10.1. The molecule has 0 amide bonds. The number of likely N-dealkylation sites (N-methyl/N-ethyl adjacent to an activating group) is 1. The second-order valence-electron chi connectivity index (χ2n) is 6.57. The number of nitrogens with zero attached hydrogens (tertiary/aromatic N) is 3. The van der Waals surface area contributed by atoms with Crippen molar-refractivity contribution >= 4 is 39.0 Å². The van der Waals surface area contributed by atoms with E-state index in [0.717, 1.165) is 48.2 Å². The summed E-state index contributed by atoms with van der Waals surface area (Å²) in [5.74, 6) is 0.824. The molecule has 0 spiro atoms. The molecular weight excluding hydrogens is 330 g/mol. The van der Waals surface area contributed by atoms with Crippen molar-refractivity contribution in [2.24, 2.45) is 4.99 Å².